The number of piperazine rings is 2. The van der Waals surface area contributed by atoms with Gasteiger partial charge in [-0.1, -0.05) is 18.2 Å². The molecule has 0 bridgehead atoms. The number of aromatic nitrogens is 1. The van der Waals surface area contributed by atoms with Crippen LogP contribution in [0.4, 0.5) is 11.5 Å². The fraction of sp³-hybridized carbons (Fsp3) is 0.458. The molecule has 0 unspecified atom stereocenters. The maximum atomic E-state index is 12.7. The molecule has 1 aromatic carbocycles. The molecule has 2 amide bonds. The van der Waals surface area contributed by atoms with Gasteiger partial charge in [-0.15, -0.1) is 0 Å². The van der Waals surface area contributed by atoms with Crippen molar-refractivity contribution in [2.45, 2.75) is 12.8 Å². The first-order chi connectivity index (χ1) is 15.7. The van der Waals surface area contributed by atoms with Gasteiger partial charge in [-0.05, 0) is 24.3 Å². The summed E-state index contributed by atoms with van der Waals surface area (Å²) in [6.07, 6.45) is 2.33. The number of para-hydroxylation sites is 2. The minimum atomic E-state index is 0.0603. The van der Waals surface area contributed by atoms with E-state index in [1.807, 2.05) is 52.3 Å². The Labute approximate surface area is 189 Å². The lowest BCUT2D eigenvalue weighted by molar-refractivity contribution is -0.137. The molecule has 0 N–H and O–H groups in total. The molecule has 0 atom stereocenters. The Morgan fingerprint density at radius 2 is 1.34 bits per heavy atom. The van der Waals surface area contributed by atoms with E-state index in [1.165, 1.54) is 0 Å². The van der Waals surface area contributed by atoms with E-state index in [1.54, 1.807) is 13.3 Å². The van der Waals surface area contributed by atoms with Crippen LogP contribution in [0.5, 0.6) is 5.75 Å². The average Bonchev–Trinajstić information content (AvgIpc) is 2.87. The van der Waals surface area contributed by atoms with Crippen LogP contribution in [0.1, 0.15) is 12.8 Å². The third-order valence-electron chi connectivity index (χ3n) is 6.22. The summed E-state index contributed by atoms with van der Waals surface area (Å²) in [5.41, 5.74) is 1.06. The predicted molar refractivity (Wildman–Crippen MR) is 124 cm³/mol. The van der Waals surface area contributed by atoms with Crippen LogP contribution in [0.2, 0.25) is 0 Å². The number of pyridine rings is 1. The SMILES string of the molecule is COc1ccccc1N1CCN(C(=O)CCC(=O)N2CCN(c3ccccn3)CC2)CC1. The number of ether oxygens (including phenoxy) is 1. The molecule has 2 aliphatic rings. The Hall–Kier alpha value is -3.29. The zero-order valence-corrected chi connectivity index (χ0v) is 18.7. The Balaban J connectivity index is 1.20. The summed E-state index contributed by atoms with van der Waals surface area (Å²) >= 11 is 0. The van der Waals surface area contributed by atoms with Gasteiger partial charge in [0.25, 0.3) is 0 Å². The van der Waals surface area contributed by atoms with Crippen molar-refractivity contribution in [1.82, 2.24) is 14.8 Å². The van der Waals surface area contributed by atoms with Gasteiger partial charge in [0.1, 0.15) is 11.6 Å². The molecule has 2 saturated heterocycles. The van der Waals surface area contributed by atoms with E-state index >= 15 is 0 Å². The summed E-state index contributed by atoms with van der Waals surface area (Å²) in [6, 6.07) is 13.8. The van der Waals surface area contributed by atoms with Gasteiger partial charge in [0.15, 0.2) is 0 Å². The number of carbonyl (C=O) groups excluding carboxylic acids is 2. The van der Waals surface area contributed by atoms with Gasteiger partial charge >= 0.3 is 0 Å². The number of hydrogen-bond acceptors (Lipinski definition) is 6. The summed E-state index contributed by atoms with van der Waals surface area (Å²) in [4.78, 5) is 37.9. The number of amides is 2. The smallest absolute Gasteiger partial charge is 0.223 e. The summed E-state index contributed by atoms with van der Waals surface area (Å²) in [5.74, 6) is 1.92. The Bertz CT molecular complexity index is 907. The molecule has 8 nitrogen and oxygen atoms in total. The van der Waals surface area contributed by atoms with Crippen molar-refractivity contribution in [2.24, 2.45) is 0 Å². The number of rotatable bonds is 6. The topological polar surface area (TPSA) is 69.2 Å². The van der Waals surface area contributed by atoms with Crippen LogP contribution in [0.15, 0.2) is 48.7 Å². The minimum absolute atomic E-state index is 0.0603. The lowest BCUT2D eigenvalue weighted by Crippen LogP contribution is -2.50. The first kappa shape index (κ1) is 21.9. The lowest BCUT2D eigenvalue weighted by Gasteiger charge is -2.37. The standard InChI is InChI=1S/C24H31N5O3/c1-32-21-7-3-2-6-20(21)26-12-16-28(17-13-26)23(30)9-10-24(31)29-18-14-27(15-19-29)22-8-4-5-11-25-22/h2-8,11H,9-10,12-19H2,1H3. The van der Waals surface area contributed by atoms with Crippen LogP contribution in [0, 0.1) is 0 Å². The number of anilines is 2. The highest BCUT2D eigenvalue weighted by Gasteiger charge is 2.25. The summed E-state index contributed by atoms with van der Waals surface area (Å²) in [6.45, 7) is 5.71. The summed E-state index contributed by atoms with van der Waals surface area (Å²) < 4.78 is 5.46. The number of methoxy groups -OCH3 is 1. The van der Waals surface area contributed by atoms with Gasteiger partial charge in [-0.2, -0.15) is 0 Å². The van der Waals surface area contributed by atoms with Gasteiger partial charge in [0, 0.05) is 71.4 Å². The third kappa shape index (κ3) is 5.12. The van der Waals surface area contributed by atoms with Crippen LogP contribution in [-0.2, 0) is 9.59 Å². The number of nitrogens with zero attached hydrogens (tertiary/aromatic N) is 5. The van der Waals surface area contributed by atoms with E-state index in [0.717, 1.165) is 43.4 Å². The normalized spacial score (nSPS) is 16.8. The van der Waals surface area contributed by atoms with E-state index in [2.05, 4.69) is 14.8 Å². The molecule has 0 radical (unpaired) electrons. The fourth-order valence-corrected chi connectivity index (χ4v) is 4.34. The fourth-order valence-electron chi connectivity index (χ4n) is 4.34. The van der Waals surface area contributed by atoms with Gasteiger partial charge in [-0.3, -0.25) is 9.59 Å². The van der Waals surface area contributed by atoms with E-state index in [4.69, 9.17) is 4.74 Å². The minimum Gasteiger partial charge on any atom is -0.495 e. The molecule has 170 valence electrons. The van der Waals surface area contributed by atoms with Crippen molar-refractivity contribution in [1.29, 1.82) is 0 Å². The van der Waals surface area contributed by atoms with Crippen LogP contribution in [0.25, 0.3) is 0 Å². The van der Waals surface area contributed by atoms with Crippen LogP contribution >= 0.6 is 0 Å². The molecular weight excluding hydrogens is 406 g/mol. The van der Waals surface area contributed by atoms with Crippen molar-refractivity contribution in [2.75, 3.05) is 69.3 Å². The Kier molecular flexibility index (Phi) is 7.09. The second-order valence-electron chi connectivity index (χ2n) is 8.10. The van der Waals surface area contributed by atoms with Crippen LogP contribution in [-0.4, -0.2) is 86.1 Å². The van der Waals surface area contributed by atoms with Gasteiger partial charge in [0.05, 0.1) is 12.8 Å². The average molecular weight is 438 g/mol. The molecule has 0 spiro atoms. The molecule has 2 aliphatic heterocycles. The van der Waals surface area contributed by atoms with E-state index in [9.17, 15) is 9.59 Å². The monoisotopic (exact) mass is 437 g/mol. The number of benzene rings is 1. The van der Waals surface area contributed by atoms with Crippen molar-refractivity contribution in [3.05, 3.63) is 48.7 Å². The highest BCUT2D eigenvalue weighted by Crippen LogP contribution is 2.28. The zero-order chi connectivity index (χ0) is 22.3. The number of hydrogen-bond donors (Lipinski definition) is 0. The largest absolute Gasteiger partial charge is 0.495 e. The van der Waals surface area contributed by atoms with Crippen molar-refractivity contribution >= 4 is 23.3 Å². The highest BCUT2D eigenvalue weighted by atomic mass is 16.5. The molecule has 2 fully saturated rings. The van der Waals surface area contributed by atoms with Crippen molar-refractivity contribution in [3.63, 3.8) is 0 Å². The maximum Gasteiger partial charge on any atom is 0.223 e. The molecule has 0 saturated carbocycles. The van der Waals surface area contributed by atoms with Crippen molar-refractivity contribution < 1.29 is 14.3 Å². The van der Waals surface area contributed by atoms with Crippen LogP contribution < -0.4 is 14.5 Å². The molecule has 3 heterocycles. The van der Waals surface area contributed by atoms with Gasteiger partial charge in [-0.25, -0.2) is 4.98 Å². The van der Waals surface area contributed by atoms with Crippen molar-refractivity contribution in [3.8, 4) is 5.75 Å². The quantitative estimate of drug-likeness (QED) is 0.687. The van der Waals surface area contributed by atoms with Gasteiger partial charge < -0.3 is 24.3 Å². The lowest BCUT2D eigenvalue weighted by atomic mass is 10.2. The van der Waals surface area contributed by atoms with E-state index in [0.29, 0.717) is 26.2 Å². The first-order valence-electron chi connectivity index (χ1n) is 11.2. The Morgan fingerprint density at radius 1 is 0.781 bits per heavy atom. The molecule has 32 heavy (non-hydrogen) atoms. The zero-order valence-electron chi connectivity index (χ0n) is 18.7. The molecule has 8 heteroatoms. The number of carbonyl (C=O) groups is 2. The first-order valence-corrected chi connectivity index (χ1v) is 11.2. The molecular formula is C24H31N5O3. The molecule has 1 aromatic heterocycles. The molecule has 0 aliphatic carbocycles. The Morgan fingerprint density at radius 3 is 1.91 bits per heavy atom. The van der Waals surface area contributed by atoms with E-state index in [-0.39, 0.29) is 24.7 Å². The third-order valence-corrected chi connectivity index (χ3v) is 6.22. The van der Waals surface area contributed by atoms with Gasteiger partial charge in [0.2, 0.25) is 11.8 Å². The van der Waals surface area contributed by atoms with E-state index < -0.39 is 0 Å². The summed E-state index contributed by atoms with van der Waals surface area (Å²) in [5, 5.41) is 0. The second-order valence-corrected chi connectivity index (χ2v) is 8.10. The second kappa shape index (κ2) is 10.3. The molecule has 2 aromatic rings. The predicted octanol–water partition coefficient (Wildman–Crippen LogP) is 1.87. The van der Waals surface area contributed by atoms with Crippen LogP contribution in [0.3, 0.4) is 0 Å². The maximum absolute atomic E-state index is 12.7. The summed E-state index contributed by atoms with van der Waals surface area (Å²) in [7, 11) is 1.67. The molecule has 4 rings (SSSR count). The highest BCUT2D eigenvalue weighted by molar-refractivity contribution is 5.84.